The van der Waals surface area contributed by atoms with Gasteiger partial charge in [0.05, 0.1) is 11.1 Å². The van der Waals surface area contributed by atoms with Crippen molar-refractivity contribution in [1.82, 2.24) is 4.98 Å². The Bertz CT molecular complexity index is 705. The quantitative estimate of drug-likeness (QED) is 0.811. The number of carbonyl (C=O) groups is 1. The summed E-state index contributed by atoms with van der Waals surface area (Å²) in [5.41, 5.74) is 3.23. The van der Waals surface area contributed by atoms with Crippen molar-refractivity contribution in [2.45, 2.75) is 38.4 Å². The van der Waals surface area contributed by atoms with E-state index in [2.05, 4.69) is 10.9 Å². The minimum absolute atomic E-state index is 0.0895. The predicted molar refractivity (Wildman–Crippen MR) is 91.6 cm³/mol. The van der Waals surface area contributed by atoms with Crippen LogP contribution in [0.4, 0.5) is 19.0 Å². The Balaban J connectivity index is 2.54. The van der Waals surface area contributed by atoms with Gasteiger partial charge in [-0.3, -0.25) is 4.79 Å². The van der Waals surface area contributed by atoms with Crippen LogP contribution in [0.15, 0.2) is 12.1 Å². The van der Waals surface area contributed by atoms with Crippen LogP contribution in [-0.2, 0) is 10.9 Å². The number of hydrogen-bond acceptors (Lipinski definition) is 4. The molecular weight excluding hydrogens is 347 g/mol. The van der Waals surface area contributed by atoms with Crippen molar-refractivity contribution in [2.24, 2.45) is 11.7 Å². The third kappa shape index (κ3) is 4.47. The standard InChI is InChI=1S/C18H22F3N3O2/c1-4-17(2,3)24(11-12-7-9-26-10-8-12)16-13(15(22)25)5-6-14(23-16)18(19,20)21/h1,5-6,12H,7-11H2,2-3H3,(H2,22,25). The number of amides is 1. The Morgan fingerprint density at radius 1 is 1.38 bits per heavy atom. The number of nitrogens with zero attached hydrogens (tertiary/aromatic N) is 2. The molecule has 26 heavy (non-hydrogen) atoms. The molecule has 0 spiro atoms. The number of terminal acetylenes is 1. The van der Waals surface area contributed by atoms with E-state index in [0.717, 1.165) is 25.0 Å². The largest absolute Gasteiger partial charge is 0.433 e. The zero-order chi connectivity index (χ0) is 19.5. The molecule has 1 saturated heterocycles. The molecule has 0 bridgehead atoms. The van der Waals surface area contributed by atoms with Gasteiger partial charge in [0.1, 0.15) is 11.5 Å². The van der Waals surface area contributed by atoms with Gasteiger partial charge in [0.2, 0.25) is 0 Å². The number of rotatable bonds is 5. The van der Waals surface area contributed by atoms with Gasteiger partial charge < -0.3 is 15.4 Å². The highest BCUT2D eigenvalue weighted by Crippen LogP contribution is 2.34. The number of halogens is 3. The van der Waals surface area contributed by atoms with Crippen LogP contribution >= 0.6 is 0 Å². The summed E-state index contributed by atoms with van der Waals surface area (Å²) in [7, 11) is 0. The highest BCUT2D eigenvalue weighted by molar-refractivity contribution is 5.98. The minimum Gasteiger partial charge on any atom is -0.381 e. The Kier molecular flexibility index (Phi) is 5.81. The third-order valence-corrected chi connectivity index (χ3v) is 4.50. The van der Waals surface area contributed by atoms with E-state index in [1.54, 1.807) is 18.7 Å². The molecule has 0 saturated carbocycles. The predicted octanol–water partition coefficient (Wildman–Crippen LogP) is 2.84. The molecule has 1 aromatic rings. The first kappa shape index (κ1) is 20.0. The van der Waals surface area contributed by atoms with E-state index in [9.17, 15) is 18.0 Å². The Morgan fingerprint density at radius 2 is 2.00 bits per heavy atom. The van der Waals surface area contributed by atoms with Crippen LogP contribution in [0.1, 0.15) is 42.7 Å². The number of primary amides is 1. The number of aromatic nitrogens is 1. The molecule has 0 atom stereocenters. The smallest absolute Gasteiger partial charge is 0.381 e. The van der Waals surface area contributed by atoms with Gasteiger partial charge in [0.25, 0.3) is 5.91 Å². The molecule has 0 unspecified atom stereocenters. The van der Waals surface area contributed by atoms with E-state index in [4.69, 9.17) is 16.9 Å². The molecule has 142 valence electrons. The van der Waals surface area contributed by atoms with Crippen LogP contribution < -0.4 is 10.6 Å². The topological polar surface area (TPSA) is 68.4 Å². The lowest BCUT2D eigenvalue weighted by Gasteiger charge is -2.40. The molecule has 1 aromatic heterocycles. The van der Waals surface area contributed by atoms with E-state index in [1.807, 2.05) is 0 Å². The van der Waals surface area contributed by atoms with Crippen LogP contribution in [0.5, 0.6) is 0 Å². The SMILES string of the molecule is C#CC(C)(C)N(CC1CCOCC1)c1nc(C(F)(F)F)ccc1C(N)=O. The van der Waals surface area contributed by atoms with E-state index in [1.165, 1.54) is 0 Å². The van der Waals surface area contributed by atoms with Crippen LogP contribution in [0.3, 0.4) is 0 Å². The molecule has 0 radical (unpaired) electrons. The molecule has 0 aliphatic carbocycles. The molecule has 1 amide bonds. The summed E-state index contributed by atoms with van der Waals surface area (Å²) in [6, 6.07) is 1.80. The summed E-state index contributed by atoms with van der Waals surface area (Å²) >= 11 is 0. The fraction of sp³-hybridized carbons (Fsp3) is 0.556. The van der Waals surface area contributed by atoms with Gasteiger partial charge in [0.15, 0.2) is 0 Å². The van der Waals surface area contributed by atoms with Crippen LogP contribution in [0, 0.1) is 18.3 Å². The highest BCUT2D eigenvalue weighted by atomic mass is 19.4. The molecule has 2 heterocycles. The van der Waals surface area contributed by atoms with Crippen molar-refractivity contribution in [3.05, 3.63) is 23.4 Å². The molecule has 2 N–H and O–H groups in total. The molecule has 0 aromatic carbocycles. The molecule has 1 aliphatic rings. The first-order valence-electron chi connectivity index (χ1n) is 8.27. The van der Waals surface area contributed by atoms with Gasteiger partial charge in [0, 0.05) is 19.8 Å². The number of anilines is 1. The summed E-state index contributed by atoms with van der Waals surface area (Å²) in [6.45, 7) is 4.90. The second kappa shape index (κ2) is 7.54. The third-order valence-electron chi connectivity index (χ3n) is 4.50. The summed E-state index contributed by atoms with van der Waals surface area (Å²) in [6.07, 6.45) is 2.48. The van der Waals surface area contributed by atoms with Gasteiger partial charge in [-0.15, -0.1) is 6.42 Å². The van der Waals surface area contributed by atoms with Crippen molar-refractivity contribution in [2.75, 3.05) is 24.7 Å². The van der Waals surface area contributed by atoms with E-state index in [0.29, 0.717) is 19.8 Å². The van der Waals surface area contributed by atoms with Crippen molar-refractivity contribution in [1.29, 1.82) is 0 Å². The van der Waals surface area contributed by atoms with Gasteiger partial charge in [-0.2, -0.15) is 13.2 Å². The summed E-state index contributed by atoms with van der Waals surface area (Å²) in [5, 5.41) is 0. The second-order valence-electron chi connectivity index (χ2n) is 6.80. The average Bonchev–Trinajstić information content (AvgIpc) is 2.59. The lowest BCUT2D eigenvalue weighted by Crippen LogP contribution is -2.48. The van der Waals surface area contributed by atoms with Gasteiger partial charge in [-0.25, -0.2) is 4.98 Å². The molecular formula is C18H22F3N3O2. The van der Waals surface area contributed by atoms with Crippen molar-refractivity contribution in [3.63, 3.8) is 0 Å². The maximum atomic E-state index is 13.1. The Hall–Kier alpha value is -2.27. The van der Waals surface area contributed by atoms with E-state index in [-0.39, 0.29) is 17.3 Å². The zero-order valence-corrected chi connectivity index (χ0v) is 14.8. The summed E-state index contributed by atoms with van der Waals surface area (Å²) in [5.74, 6) is 1.74. The monoisotopic (exact) mass is 369 g/mol. The maximum absolute atomic E-state index is 13.1. The normalized spacial score (nSPS) is 16.2. The highest BCUT2D eigenvalue weighted by Gasteiger charge is 2.37. The first-order valence-corrected chi connectivity index (χ1v) is 8.27. The molecule has 2 rings (SSSR count). The van der Waals surface area contributed by atoms with Crippen LogP contribution in [-0.4, -0.2) is 36.2 Å². The number of alkyl halides is 3. The van der Waals surface area contributed by atoms with Gasteiger partial charge in [-0.05, 0) is 44.7 Å². The lowest BCUT2D eigenvalue weighted by molar-refractivity contribution is -0.141. The molecule has 1 aliphatic heterocycles. The molecule has 5 nitrogen and oxygen atoms in total. The molecule has 1 fully saturated rings. The van der Waals surface area contributed by atoms with Gasteiger partial charge in [-0.1, -0.05) is 5.92 Å². The van der Waals surface area contributed by atoms with Crippen molar-refractivity contribution >= 4 is 11.7 Å². The zero-order valence-electron chi connectivity index (χ0n) is 14.8. The first-order chi connectivity index (χ1) is 12.1. The number of carbonyl (C=O) groups excluding carboxylic acids is 1. The number of ether oxygens (including phenoxy) is 1. The number of nitrogens with two attached hydrogens (primary N) is 1. The number of pyridine rings is 1. The van der Waals surface area contributed by atoms with Gasteiger partial charge >= 0.3 is 6.18 Å². The van der Waals surface area contributed by atoms with Crippen LogP contribution in [0.2, 0.25) is 0 Å². The average molecular weight is 369 g/mol. The number of hydrogen-bond donors (Lipinski definition) is 1. The van der Waals surface area contributed by atoms with Crippen molar-refractivity contribution in [3.8, 4) is 12.3 Å². The van der Waals surface area contributed by atoms with E-state index >= 15 is 0 Å². The van der Waals surface area contributed by atoms with Crippen LogP contribution in [0.25, 0.3) is 0 Å². The summed E-state index contributed by atoms with van der Waals surface area (Å²) < 4.78 is 44.8. The Morgan fingerprint density at radius 3 is 2.50 bits per heavy atom. The maximum Gasteiger partial charge on any atom is 0.433 e. The molecule has 8 heteroatoms. The fourth-order valence-electron chi connectivity index (χ4n) is 2.85. The fourth-order valence-corrected chi connectivity index (χ4v) is 2.85. The summed E-state index contributed by atoms with van der Waals surface area (Å²) in [4.78, 5) is 17.1. The second-order valence-corrected chi connectivity index (χ2v) is 6.80. The van der Waals surface area contributed by atoms with E-state index < -0.39 is 23.3 Å². The minimum atomic E-state index is -4.64. The Labute approximate surface area is 150 Å². The lowest BCUT2D eigenvalue weighted by atomic mass is 9.95. The van der Waals surface area contributed by atoms with Crippen molar-refractivity contribution < 1.29 is 22.7 Å².